The highest BCUT2D eigenvalue weighted by Gasteiger charge is 2.45. The van der Waals surface area contributed by atoms with Crippen molar-refractivity contribution in [2.75, 3.05) is 19.0 Å². The standard InChI is InChI=1S/C25H48O11S/c1-2-3-4-5-6-7-8-9-10-11-12-13-14-15-21(27)34-16-19(26)17-35-25-24(30)23(29)22(28)20(36-25)18-37(31,32)33/h19-20,22-26,28-30H,2-18H2,1H3,(H,31,32,33). The number of unbranched alkanes of at least 4 members (excludes halogenated alkanes) is 12. The molecule has 0 aromatic heterocycles. The molecule has 1 heterocycles. The minimum Gasteiger partial charge on any atom is -0.463 e. The molecule has 0 aromatic rings. The Morgan fingerprint density at radius 2 is 1.32 bits per heavy atom. The molecular weight excluding hydrogens is 508 g/mol. The molecule has 6 unspecified atom stereocenters. The Morgan fingerprint density at radius 1 is 0.811 bits per heavy atom. The van der Waals surface area contributed by atoms with E-state index >= 15 is 0 Å². The number of aliphatic hydroxyl groups excluding tert-OH is 4. The number of hydrogen-bond acceptors (Lipinski definition) is 10. The first kappa shape index (κ1) is 34.2. The van der Waals surface area contributed by atoms with Crippen molar-refractivity contribution in [2.45, 2.75) is 134 Å². The van der Waals surface area contributed by atoms with Gasteiger partial charge >= 0.3 is 5.97 Å². The van der Waals surface area contributed by atoms with Crippen LogP contribution in [0.1, 0.15) is 96.8 Å². The minimum atomic E-state index is -4.53. The van der Waals surface area contributed by atoms with Crippen LogP contribution >= 0.6 is 0 Å². The Morgan fingerprint density at radius 3 is 1.84 bits per heavy atom. The van der Waals surface area contributed by atoms with E-state index in [1.165, 1.54) is 57.8 Å². The van der Waals surface area contributed by atoms with Crippen molar-refractivity contribution >= 4 is 16.1 Å². The molecule has 1 saturated heterocycles. The smallest absolute Gasteiger partial charge is 0.305 e. The predicted octanol–water partition coefficient (Wildman–Crippen LogP) is 2.08. The molecule has 0 aliphatic carbocycles. The van der Waals surface area contributed by atoms with Crippen molar-refractivity contribution in [3.05, 3.63) is 0 Å². The van der Waals surface area contributed by atoms with Gasteiger partial charge in [0, 0.05) is 6.42 Å². The van der Waals surface area contributed by atoms with Crippen molar-refractivity contribution < 1.29 is 52.4 Å². The van der Waals surface area contributed by atoms with Crippen LogP contribution in [-0.2, 0) is 29.1 Å². The summed E-state index contributed by atoms with van der Waals surface area (Å²) in [5, 5.41) is 39.7. The summed E-state index contributed by atoms with van der Waals surface area (Å²) in [5.74, 6) is -1.46. The number of rotatable bonds is 21. The lowest BCUT2D eigenvalue weighted by molar-refractivity contribution is -0.296. The maximum absolute atomic E-state index is 11.9. The molecule has 220 valence electrons. The SMILES string of the molecule is CCCCCCCCCCCCCCCC(=O)OCC(O)COC1OC(CS(=O)(=O)O)C(O)C(O)C1O. The summed E-state index contributed by atoms with van der Waals surface area (Å²) in [7, 11) is -4.53. The third-order valence-corrected chi connectivity index (χ3v) is 7.17. The summed E-state index contributed by atoms with van der Waals surface area (Å²) >= 11 is 0. The molecular formula is C25H48O11S. The number of aliphatic hydroxyl groups is 4. The van der Waals surface area contributed by atoms with Crippen LogP contribution in [0.3, 0.4) is 0 Å². The molecule has 5 N–H and O–H groups in total. The zero-order valence-corrected chi connectivity index (χ0v) is 22.9. The average molecular weight is 557 g/mol. The lowest BCUT2D eigenvalue weighted by Crippen LogP contribution is -2.60. The molecule has 12 heteroatoms. The van der Waals surface area contributed by atoms with Gasteiger partial charge in [-0.05, 0) is 6.42 Å². The summed E-state index contributed by atoms with van der Waals surface area (Å²) < 4.78 is 46.4. The van der Waals surface area contributed by atoms with E-state index in [0.29, 0.717) is 6.42 Å². The van der Waals surface area contributed by atoms with E-state index in [9.17, 15) is 33.6 Å². The summed E-state index contributed by atoms with van der Waals surface area (Å²) in [6.45, 7) is 1.43. The van der Waals surface area contributed by atoms with Crippen LogP contribution in [0.15, 0.2) is 0 Å². The fourth-order valence-corrected chi connectivity index (χ4v) is 4.89. The third-order valence-electron chi connectivity index (χ3n) is 6.42. The highest BCUT2D eigenvalue weighted by atomic mass is 32.2. The Balaban J connectivity index is 2.10. The topological polar surface area (TPSA) is 180 Å². The molecule has 0 radical (unpaired) electrons. The van der Waals surface area contributed by atoms with Crippen molar-refractivity contribution in [2.24, 2.45) is 0 Å². The van der Waals surface area contributed by atoms with Crippen molar-refractivity contribution in [3.8, 4) is 0 Å². The minimum absolute atomic E-state index is 0.247. The molecule has 0 saturated carbocycles. The van der Waals surface area contributed by atoms with E-state index in [2.05, 4.69) is 6.92 Å². The molecule has 11 nitrogen and oxygen atoms in total. The quantitative estimate of drug-likeness (QED) is 0.0793. The van der Waals surface area contributed by atoms with Crippen LogP contribution in [0.2, 0.25) is 0 Å². The van der Waals surface area contributed by atoms with E-state index in [1.807, 2.05) is 0 Å². The fraction of sp³-hybridized carbons (Fsp3) is 0.960. The number of hydrogen-bond donors (Lipinski definition) is 5. The van der Waals surface area contributed by atoms with Crippen LogP contribution in [0.25, 0.3) is 0 Å². The fourth-order valence-electron chi connectivity index (χ4n) is 4.20. The van der Waals surface area contributed by atoms with Gasteiger partial charge in [-0.15, -0.1) is 0 Å². The van der Waals surface area contributed by atoms with Crippen molar-refractivity contribution in [1.29, 1.82) is 0 Å². The Labute approximate surface area is 221 Å². The van der Waals surface area contributed by atoms with Gasteiger partial charge in [-0.3, -0.25) is 9.35 Å². The maximum Gasteiger partial charge on any atom is 0.305 e. The number of esters is 1. The van der Waals surface area contributed by atoms with Crippen molar-refractivity contribution in [3.63, 3.8) is 0 Å². The summed E-state index contributed by atoms with van der Waals surface area (Å²) in [6, 6.07) is 0. The number of ether oxygens (including phenoxy) is 3. The number of carbonyl (C=O) groups excluding carboxylic acids is 1. The summed E-state index contributed by atoms with van der Waals surface area (Å²) in [6.07, 6.45) is 6.23. The van der Waals surface area contributed by atoms with Crippen LogP contribution < -0.4 is 0 Å². The van der Waals surface area contributed by atoms with Gasteiger partial charge in [0.1, 0.15) is 42.9 Å². The van der Waals surface area contributed by atoms with Crippen LogP contribution in [0, 0.1) is 0 Å². The molecule has 1 aliphatic rings. The molecule has 1 fully saturated rings. The number of carbonyl (C=O) groups is 1. The maximum atomic E-state index is 11.9. The van der Waals surface area contributed by atoms with Gasteiger partial charge in [0.05, 0.1) is 6.61 Å². The van der Waals surface area contributed by atoms with Gasteiger partial charge in [0.2, 0.25) is 0 Å². The lowest BCUT2D eigenvalue weighted by atomic mass is 10.00. The Bertz CT molecular complexity index is 703. The first-order valence-corrected chi connectivity index (χ1v) is 15.3. The summed E-state index contributed by atoms with van der Waals surface area (Å²) in [4.78, 5) is 11.9. The molecule has 0 spiro atoms. The lowest BCUT2D eigenvalue weighted by Gasteiger charge is -2.40. The second-order valence-corrected chi connectivity index (χ2v) is 11.4. The molecule has 1 aliphatic heterocycles. The first-order valence-electron chi connectivity index (χ1n) is 13.6. The van der Waals surface area contributed by atoms with E-state index in [0.717, 1.165) is 19.3 Å². The van der Waals surface area contributed by atoms with E-state index in [1.54, 1.807) is 0 Å². The molecule has 1 rings (SSSR count). The average Bonchev–Trinajstić information content (AvgIpc) is 2.84. The Kier molecular flexibility index (Phi) is 17.8. The largest absolute Gasteiger partial charge is 0.463 e. The van der Waals surface area contributed by atoms with Crippen LogP contribution in [0.4, 0.5) is 0 Å². The molecule has 0 amide bonds. The highest BCUT2D eigenvalue weighted by molar-refractivity contribution is 7.85. The first-order chi connectivity index (χ1) is 17.5. The molecule has 6 atom stereocenters. The molecule has 0 aromatic carbocycles. The van der Waals surface area contributed by atoms with Crippen LogP contribution in [-0.4, -0.2) is 95.1 Å². The van der Waals surface area contributed by atoms with Gasteiger partial charge in [0.25, 0.3) is 10.1 Å². The Hall–Kier alpha value is -0.860. The molecule has 0 bridgehead atoms. The zero-order valence-electron chi connectivity index (χ0n) is 22.1. The second-order valence-electron chi connectivity index (χ2n) is 9.93. The highest BCUT2D eigenvalue weighted by Crippen LogP contribution is 2.23. The predicted molar refractivity (Wildman–Crippen MR) is 136 cm³/mol. The monoisotopic (exact) mass is 556 g/mol. The van der Waals surface area contributed by atoms with Gasteiger partial charge in [-0.25, -0.2) is 0 Å². The van der Waals surface area contributed by atoms with Gasteiger partial charge in [-0.2, -0.15) is 8.42 Å². The van der Waals surface area contributed by atoms with E-state index in [-0.39, 0.29) is 13.0 Å². The zero-order chi connectivity index (χ0) is 27.7. The van der Waals surface area contributed by atoms with Crippen molar-refractivity contribution in [1.82, 2.24) is 0 Å². The van der Waals surface area contributed by atoms with E-state index in [4.69, 9.17) is 18.8 Å². The van der Waals surface area contributed by atoms with Gasteiger partial charge in [0.15, 0.2) is 6.29 Å². The normalized spacial score (nSPS) is 25.2. The van der Waals surface area contributed by atoms with E-state index < -0.39 is 65.3 Å². The van der Waals surface area contributed by atoms with Gasteiger partial charge < -0.3 is 34.6 Å². The molecule has 37 heavy (non-hydrogen) atoms. The second kappa shape index (κ2) is 19.2. The van der Waals surface area contributed by atoms with Gasteiger partial charge in [-0.1, -0.05) is 84.0 Å². The summed E-state index contributed by atoms with van der Waals surface area (Å²) in [5.41, 5.74) is 0. The van der Waals surface area contributed by atoms with Crippen LogP contribution in [0.5, 0.6) is 0 Å². The third kappa shape index (κ3) is 16.0.